The van der Waals surface area contributed by atoms with Crippen LogP contribution in [0.15, 0.2) is 24.3 Å². The van der Waals surface area contributed by atoms with Crippen LogP contribution in [0.5, 0.6) is 5.75 Å². The number of carbonyl (C=O) groups is 1. The van der Waals surface area contributed by atoms with Gasteiger partial charge >= 0.3 is 0 Å². The minimum absolute atomic E-state index is 0.101. The first kappa shape index (κ1) is 16.5. The van der Waals surface area contributed by atoms with Gasteiger partial charge in [0.05, 0.1) is 18.7 Å². The third kappa shape index (κ3) is 4.53. The number of hydrogen-bond acceptors (Lipinski definition) is 3. The number of hydrogen-bond donors (Lipinski definition) is 2. The number of benzene rings is 1. The molecule has 1 amide bonds. The van der Waals surface area contributed by atoms with Crippen molar-refractivity contribution in [1.82, 2.24) is 5.32 Å². The SMILES string of the molecule is CCOc1cccc([C@H](C)NC(=O)[C@@H](N)C(C)(C)C)c1. The summed E-state index contributed by atoms with van der Waals surface area (Å²) in [4.78, 5) is 12.1. The number of rotatable bonds is 5. The third-order valence-electron chi connectivity index (χ3n) is 3.24. The summed E-state index contributed by atoms with van der Waals surface area (Å²) in [6, 6.07) is 7.11. The molecule has 0 bridgehead atoms. The molecule has 3 N–H and O–H groups in total. The molecule has 0 aromatic heterocycles. The molecule has 0 spiro atoms. The molecule has 20 heavy (non-hydrogen) atoms. The molecule has 0 aliphatic rings. The normalized spacial score (nSPS) is 14.5. The Balaban J connectivity index is 2.73. The van der Waals surface area contributed by atoms with Crippen molar-refractivity contribution in [2.45, 2.75) is 46.7 Å². The van der Waals surface area contributed by atoms with Gasteiger partial charge in [-0.3, -0.25) is 4.79 Å². The zero-order chi connectivity index (χ0) is 15.3. The third-order valence-corrected chi connectivity index (χ3v) is 3.24. The standard InChI is InChI=1S/C16H26N2O2/c1-6-20-13-9-7-8-12(10-13)11(2)18-15(19)14(17)16(3,4)5/h7-11,14H,6,17H2,1-5H3,(H,18,19)/t11-,14+/m0/s1. The van der Waals surface area contributed by atoms with Crippen LogP contribution in [0, 0.1) is 5.41 Å². The molecule has 1 aromatic carbocycles. The molecule has 1 rings (SSSR count). The Morgan fingerprint density at radius 2 is 2.05 bits per heavy atom. The van der Waals surface area contributed by atoms with E-state index in [1.807, 2.05) is 58.9 Å². The molecular weight excluding hydrogens is 252 g/mol. The zero-order valence-electron chi connectivity index (χ0n) is 13.1. The number of ether oxygens (including phenoxy) is 1. The minimum atomic E-state index is -0.528. The summed E-state index contributed by atoms with van der Waals surface area (Å²) in [6.45, 7) is 10.4. The van der Waals surface area contributed by atoms with Gasteiger partial charge in [-0.25, -0.2) is 0 Å². The summed E-state index contributed by atoms with van der Waals surface area (Å²) in [5.74, 6) is 0.679. The second-order valence-corrected chi connectivity index (χ2v) is 6.08. The zero-order valence-corrected chi connectivity index (χ0v) is 13.1. The largest absolute Gasteiger partial charge is 0.494 e. The smallest absolute Gasteiger partial charge is 0.237 e. The van der Waals surface area contributed by atoms with Crippen molar-refractivity contribution in [2.24, 2.45) is 11.1 Å². The second kappa shape index (κ2) is 6.75. The van der Waals surface area contributed by atoms with E-state index >= 15 is 0 Å². The molecule has 4 heteroatoms. The van der Waals surface area contributed by atoms with Gasteiger partial charge in [0.25, 0.3) is 0 Å². The molecule has 0 heterocycles. The van der Waals surface area contributed by atoms with E-state index in [0.29, 0.717) is 6.61 Å². The molecule has 0 fully saturated rings. The highest BCUT2D eigenvalue weighted by atomic mass is 16.5. The fourth-order valence-corrected chi connectivity index (χ4v) is 1.82. The summed E-state index contributed by atoms with van der Waals surface area (Å²) >= 11 is 0. The van der Waals surface area contributed by atoms with Gasteiger partial charge < -0.3 is 15.8 Å². The summed E-state index contributed by atoms with van der Waals surface area (Å²) in [6.07, 6.45) is 0. The predicted octanol–water partition coefficient (Wildman–Crippen LogP) is 2.64. The van der Waals surface area contributed by atoms with Gasteiger partial charge in [-0.05, 0) is 37.0 Å². The van der Waals surface area contributed by atoms with Crippen molar-refractivity contribution >= 4 is 5.91 Å². The van der Waals surface area contributed by atoms with E-state index in [0.717, 1.165) is 11.3 Å². The van der Waals surface area contributed by atoms with E-state index in [2.05, 4.69) is 5.32 Å². The Bertz CT molecular complexity index is 452. The van der Waals surface area contributed by atoms with Crippen molar-refractivity contribution in [3.8, 4) is 5.75 Å². The Morgan fingerprint density at radius 1 is 1.40 bits per heavy atom. The molecule has 0 unspecified atom stereocenters. The molecule has 1 aromatic rings. The fraction of sp³-hybridized carbons (Fsp3) is 0.562. The van der Waals surface area contributed by atoms with Gasteiger partial charge in [-0.15, -0.1) is 0 Å². The van der Waals surface area contributed by atoms with Gasteiger partial charge in [-0.1, -0.05) is 32.9 Å². The lowest BCUT2D eigenvalue weighted by Crippen LogP contribution is -2.49. The number of amides is 1. The Kier molecular flexibility index (Phi) is 5.57. The van der Waals surface area contributed by atoms with Crippen LogP contribution in [-0.4, -0.2) is 18.6 Å². The van der Waals surface area contributed by atoms with Gasteiger partial charge in [0.2, 0.25) is 5.91 Å². The van der Waals surface area contributed by atoms with Gasteiger partial charge in [-0.2, -0.15) is 0 Å². The molecule has 0 saturated carbocycles. The van der Waals surface area contributed by atoms with Crippen LogP contribution >= 0.6 is 0 Å². The molecule has 0 aliphatic carbocycles. The first-order valence-corrected chi connectivity index (χ1v) is 7.04. The molecule has 0 radical (unpaired) electrons. The topological polar surface area (TPSA) is 64.3 Å². The minimum Gasteiger partial charge on any atom is -0.494 e. The lowest BCUT2D eigenvalue weighted by Gasteiger charge is -2.27. The fourth-order valence-electron chi connectivity index (χ4n) is 1.82. The molecular formula is C16H26N2O2. The highest BCUT2D eigenvalue weighted by molar-refractivity contribution is 5.82. The lowest BCUT2D eigenvalue weighted by molar-refractivity contribution is -0.125. The van der Waals surface area contributed by atoms with Crippen molar-refractivity contribution in [1.29, 1.82) is 0 Å². The summed E-state index contributed by atoms with van der Waals surface area (Å²) in [7, 11) is 0. The van der Waals surface area contributed by atoms with E-state index in [9.17, 15) is 4.79 Å². The van der Waals surface area contributed by atoms with Crippen molar-refractivity contribution in [3.05, 3.63) is 29.8 Å². The van der Waals surface area contributed by atoms with Gasteiger partial charge in [0.15, 0.2) is 0 Å². The van der Waals surface area contributed by atoms with Crippen LogP contribution in [0.2, 0.25) is 0 Å². The van der Waals surface area contributed by atoms with E-state index in [4.69, 9.17) is 10.5 Å². The average Bonchev–Trinajstić information content (AvgIpc) is 2.37. The van der Waals surface area contributed by atoms with Crippen LogP contribution in [0.25, 0.3) is 0 Å². The maximum Gasteiger partial charge on any atom is 0.237 e. The Hall–Kier alpha value is -1.55. The maximum absolute atomic E-state index is 12.1. The molecule has 0 aliphatic heterocycles. The summed E-state index contributed by atoms with van der Waals surface area (Å²) in [5.41, 5.74) is 6.71. The lowest BCUT2D eigenvalue weighted by atomic mass is 9.86. The summed E-state index contributed by atoms with van der Waals surface area (Å²) in [5, 5.41) is 2.95. The van der Waals surface area contributed by atoms with E-state index in [1.54, 1.807) is 0 Å². The molecule has 4 nitrogen and oxygen atoms in total. The first-order chi connectivity index (χ1) is 9.25. The van der Waals surface area contributed by atoms with Crippen molar-refractivity contribution < 1.29 is 9.53 Å². The van der Waals surface area contributed by atoms with Gasteiger partial charge in [0.1, 0.15) is 5.75 Å². The highest BCUT2D eigenvalue weighted by Crippen LogP contribution is 2.21. The van der Waals surface area contributed by atoms with Crippen LogP contribution < -0.4 is 15.8 Å². The molecule has 112 valence electrons. The highest BCUT2D eigenvalue weighted by Gasteiger charge is 2.28. The van der Waals surface area contributed by atoms with Crippen molar-refractivity contribution in [3.63, 3.8) is 0 Å². The molecule has 0 saturated heterocycles. The summed E-state index contributed by atoms with van der Waals surface area (Å²) < 4.78 is 5.47. The van der Waals surface area contributed by atoms with Crippen LogP contribution in [0.3, 0.4) is 0 Å². The molecule has 2 atom stereocenters. The van der Waals surface area contributed by atoms with Crippen LogP contribution in [0.4, 0.5) is 0 Å². The van der Waals surface area contributed by atoms with Gasteiger partial charge in [0, 0.05) is 0 Å². The monoisotopic (exact) mass is 278 g/mol. The number of nitrogens with one attached hydrogen (secondary N) is 1. The quantitative estimate of drug-likeness (QED) is 0.870. The Labute approximate surface area is 121 Å². The number of nitrogens with two attached hydrogens (primary N) is 1. The second-order valence-electron chi connectivity index (χ2n) is 6.08. The van der Waals surface area contributed by atoms with Crippen molar-refractivity contribution in [2.75, 3.05) is 6.61 Å². The average molecular weight is 278 g/mol. The van der Waals surface area contributed by atoms with E-state index in [-0.39, 0.29) is 17.4 Å². The van der Waals surface area contributed by atoms with Crippen LogP contribution in [-0.2, 0) is 4.79 Å². The Morgan fingerprint density at radius 3 is 2.60 bits per heavy atom. The maximum atomic E-state index is 12.1. The van der Waals surface area contributed by atoms with E-state index < -0.39 is 6.04 Å². The number of carbonyl (C=O) groups excluding carboxylic acids is 1. The van der Waals surface area contributed by atoms with E-state index in [1.165, 1.54) is 0 Å². The van der Waals surface area contributed by atoms with Crippen LogP contribution in [0.1, 0.15) is 46.2 Å². The predicted molar refractivity (Wildman–Crippen MR) is 81.6 cm³/mol. The first-order valence-electron chi connectivity index (χ1n) is 7.04.